The first-order chi connectivity index (χ1) is 49.0. The van der Waals surface area contributed by atoms with E-state index in [1.54, 1.807) is 0 Å². The van der Waals surface area contributed by atoms with Crippen molar-refractivity contribution in [2.75, 3.05) is 57.6 Å². The second kappa shape index (κ2) is 31.5. The Labute approximate surface area is 716 Å². The molecule has 4 radical (unpaired) electrons. The molecule has 504 valence electrons. The minimum absolute atomic E-state index is 0. The molecule has 0 bridgehead atoms. The summed E-state index contributed by atoms with van der Waals surface area (Å²) in [7, 11) is 8.77. The maximum atomic E-state index is 2.48. The Morgan fingerprint density at radius 3 is 0.904 bits per heavy atom. The number of hydrogen-bond donors (Lipinski definition) is 0. The zero-order chi connectivity index (χ0) is 67.9. The van der Waals surface area contributed by atoms with E-state index >= 15 is 0 Å². The Balaban J connectivity index is 0.000000122. The summed E-state index contributed by atoms with van der Waals surface area (Å²) >= 11 is 0. The van der Waals surface area contributed by atoms with Gasteiger partial charge in [-0.2, -0.15) is 46.5 Å². The zero-order valence-electron chi connectivity index (χ0n) is 60.2. The van der Waals surface area contributed by atoms with E-state index in [9.17, 15) is 0 Å². The van der Waals surface area contributed by atoms with Crippen LogP contribution in [0.2, 0.25) is 0 Å². The largest absolute Gasteiger partial charge is 0.386 e. The van der Waals surface area contributed by atoms with Crippen LogP contribution < -0.4 is 29.4 Å². The van der Waals surface area contributed by atoms with Gasteiger partial charge >= 0.3 is 0 Å². The van der Waals surface area contributed by atoms with Gasteiger partial charge in [-0.1, -0.05) is 304 Å². The number of nitrogens with zero attached hydrogens (tertiary/aromatic N) is 8. The summed E-state index contributed by atoms with van der Waals surface area (Å²) in [5, 5.41) is 0. The summed E-state index contributed by atoms with van der Waals surface area (Å²) in [6, 6.07) is 108. The number of benzene rings is 12. The van der Waals surface area contributed by atoms with Crippen LogP contribution in [-0.4, -0.2) is 62.7 Å². The third-order valence-corrected chi connectivity index (χ3v) is 21.7. The zero-order valence-corrected chi connectivity index (χ0v) is 71.6. The van der Waals surface area contributed by atoms with Crippen LogP contribution in [0.1, 0.15) is 61.1 Å². The van der Waals surface area contributed by atoms with Gasteiger partial charge in [-0.15, -0.1) is 35.8 Å². The predicted octanol–water partition coefficient (Wildman–Crippen LogP) is 21.2. The predicted molar refractivity (Wildman–Crippen MR) is 418 cm³/mol. The number of para-hydroxylation sites is 4. The Morgan fingerprint density at radius 2 is 0.490 bits per heavy atom. The molecule has 104 heavy (non-hydrogen) atoms. The Morgan fingerprint density at radius 1 is 0.212 bits per heavy atom. The summed E-state index contributed by atoms with van der Waals surface area (Å²) < 4.78 is 0. The van der Waals surface area contributed by atoms with Crippen molar-refractivity contribution in [1.29, 1.82) is 0 Å². The van der Waals surface area contributed by atoms with E-state index in [4.69, 9.17) is 0 Å². The van der Waals surface area contributed by atoms with Crippen molar-refractivity contribution in [2.24, 2.45) is 0 Å². The molecule has 0 saturated heterocycles. The fourth-order valence-corrected chi connectivity index (χ4v) is 16.8. The number of likely N-dealkylation sites (N-methyl/N-ethyl adjacent to an activating group) is 4. The van der Waals surface area contributed by atoms with Crippen LogP contribution in [0, 0.1) is 23.7 Å². The van der Waals surface area contributed by atoms with E-state index in [2.05, 4.69) is 411 Å². The summed E-state index contributed by atoms with van der Waals surface area (Å²) in [5.74, 6) is 5.65. The molecule has 0 saturated carbocycles. The fraction of sp³-hybridized carbons (Fsp3) is 0.130. The van der Waals surface area contributed by atoms with Crippen LogP contribution in [0.3, 0.4) is 0 Å². The minimum Gasteiger partial charge on any atom is -0.386 e. The van der Waals surface area contributed by atoms with Gasteiger partial charge in [0.1, 0.15) is 0 Å². The molecular weight excluding hydrogens is 1570 g/mol. The van der Waals surface area contributed by atoms with Crippen molar-refractivity contribution in [2.45, 2.75) is 52.4 Å². The van der Waals surface area contributed by atoms with Gasteiger partial charge in [-0.25, -0.2) is 0 Å². The average molecular weight is 1650 g/mol. The Bertz CT molecular complexity index is 5080. The molecule has 12 aromatic carbocycles. The van der Waals surface area contributed by atoms with Crippen molar-refractivity contribution in [3.05, 3.63) is 373 Å². The second-order valence-electron chi connectivity index (χ2n) is 27.4. The number of rotatable bonds is 6. The van der Waals surface area contributed by atoms with Crippen molar-refractivity contribution >= 4 is 56.9 Å². The van der Waals surface area contributed by atoms with Gasteiger partial charge in [0, 0.05) is 171 Å². The monoisotopic (exact) mass is 1650 g/mol. The molecule has 4 unspecified atom stereocenters. The quantitative estimate of drug-likeness (QED) is 0.152. The molecule has 20 rings (SSSR count). The molecule has 0 aromatic heterocycles. The molecule has 0 fully saturated rings. The molecule has 8 heterocycles. The van der Waals surface area contributed by atoms with Crippen LogP contribution in [0.4, 0.5) is 45.5 Å². The molecule has 0 amide bonds. The number of anilines is 8. The second-order valence-corrected chi connectivity index (χ2v) is 27.4. The Hall–Kier alpha value is -7.58. The molecule has 0 spiro atoms. The van der Waals surface area contributed by atoms with Gasteiger partial charge in [-0.05, 0) is 68.8 Å². The van der Waals surface area contributed by atoms with Crippen LogP contribution in [0.15, 0.2) is 316 Å². The van der Waals surface area contributed by atoms with Crippen molar-refractivity contribution in [1.82, 2.24) is 9.80 Å². The molecule has 0 N–H and O–H groups in total. The Kier molecular flexibility index (Phi) is 22.6. The van der Waals surface area contributed by atoms with E-state index in [-0.39, 0.29) is 143 Å². The normalized spacial score (nSPS) is 17.2. The molecule has 12 heteroatoms. The van der Waals surface area contributed by atoms with Crippen molar-refractivity contribution in [3.63, 3.8) is 0 Å². The molecule has 0 aliphatic carbocycles. The first-order valence-electron chi connectivity index (χ1n) is 34.9. The smallest absolute Gasteiger partial charge is 0.0719 e. The van der Waals surface area contributed by atoms with Crippen LogP contribution in [0.5, 0.6) is 0 Å². The van der Waals surface area contributed by atoms with Crippen LogP contribution in [-0.2, 0) is 131 Å². The summed E-state index contributed by atoms with van der Waals surface area (Å²) in [6.07, 6.45) is 5.71. The first-order valence-corrected chi connectivity index (χ1v) is 34.9. The molecule has 8 aliphatic heterocycles. The molecular formula is C92H80N8Y4-4. The SMILES string of the molecule is C[C-]1c2cc(-c3ccccc3)ccc2N2C=C(c3ccccc3)N(C)C12.C[C-]1c2cc(-c3ccccc3)ccc2N2c3ccccc3N(C)C12.C[C-]1c2ccc(-c3ccccc3)cc2N2C=C(c3ccccc3)N(C)C12.C[C-]1c2ccc(-c3ccccc3)cc2N2c3ccccc3N(C)C12.[Y].[Y].[Y].[Y]. The fourth-order valence-electron chi connectivity index (χ4n) is 16.8. The topological polar surface area (TPSA) is 25.9 Å². The molecule has 4 atom stereocenters. The first kappa shape index (κ1) is 74.7. The van der Waals surface area contributed by atoms with E-state index in [0.29, 0.717) is 12.3 Å². The average Bonchev–Trinajstić information content (AvgIpc) is 1.58. The third kappa shape index (κ3) is 13.1. The van der Waals surface area contributed by atoms with Gasteiger partial charge in [-0.3, -0.25) is 0 Å². The van der Waals surface area contributed by atoms with Gasteiger partial charge in [0.05, 0.1) is 58.8 Å². The summed E-state index contributed by atoms with van der Waals surface area (Å²) in [6.45, 7) is 9.04. The minimum atomic E-state index is 0. The van der Waals surface area contributed by atoms with Crippen molar-refractivity contribution in [3.8, 4) is 44.5 Å². The van der Waals surface area contributed by atoms with Crippen molar-refractivity contribution < 1.29 is 131 Å². The third-order valence-electron chi connectivity index (χ3n) is 21.7. The standard InChI is InChI=1S/2C24H21N2.2C22H19N2.4Y/c1-17-21-15-20(18-9-5-3-6-10-18)13-14-22(21)26-16-23(25(2)24(17)26)19-11-7-4-8-12-19;1-17-21-14-13-20(18-9-5-3-6-10-18)15-22(21)26-16-23(25(2)24(17)26)19-11-7-4-8-12-19;1-15-18-14-17(16-8-4-3-5-9-16)12-13-19(18)24-21-11-7-6-10-20(21)23(2)22(15)24;1-15-18-13-12-17(16-8-4-3-5-9-16)14-21(18)24-20-11-7-6-10-19(20)23(2)22(15)24;;;;/h2*3-16,24H,1-2H3;2*3-14,22H,1-2H3;;;;/q4*-1;;;;. The van der Waals surface area contributed by atoms with Crippen LogP contribution in [0.25, 0.3) is 55.9 Å². The van der Waals surface area contributed by atoms with E-state index in [1.807, 2.05) is 0 Å². The van der Waals surface area contributed by atoms with E-state index < -0.39 is 0 Å². The van der Waals surface area contributed by atoms with E-state index in [1.165, 1.54) is 158 Å². The molecule has 8 nitrogen and oxygen atoms in total. The molecule has 12 aromatic rings. The van der Waals surface area contributed by atoms with Gasteiger partial charge in [0.2, 0.25) is 0 Å². The molecule has 8 aliphatic rings. The maximum absolute atomic E-state index is 2.48. The van der Waals surface area contributed by atoms with Gasteiger partial charge < -0.3 is 39.2 Å². The summed E-state index contributed by atoms with van der Waals surface area (Å²) in [5.41, 5.74) is 31.1. The van der Waals surface area contributed by atoms with Gasteiger partial charge in [0.15, 0.2) is 0 Å². The number of fused-ring (bicyclic) bond motifs is 16. The van der Waals surface area contributed by atoms with Crippen LogP contribution >= 0.6 is 0 Å². The van der Waals surface area contributed by atoms with Gasteiger partial charge in [0.25, 0.3) is 0 Å². The maximum Gasteiger partial charge on any atom is 0.0719 e. The number of hydrogen-bond acceptors (Lipinski definition) is 8. The van der Waals surface area contributed by atoms with E-state index in [0.717, 1.165) is 0 Å². The summed E-state index contributed by atoms with van der Waals surface area (Å²) in [4.78, 5) is 19.3.